The number of hydrogen-bond donors (Lipinski definition) is 2. The summed E-state index contributed by atoms with van der Waals surface area (Å²) in [6.45, 7) is 5.80. The summed E-state index contributed by atoms with van der Waals surface area (Å²) in [7, 11) is 0. The molecule has 7 heteroatoms. The van der Waals surface area contributed by atoms with E-state index >= 15 is 0 Å². The minimum atomic E-state index is 0. The van der Waals surface area contributed by atoms with Crippen LogP contribution in [-0.4, -0.2) is 35.3 Å². The standard InChI is InChI=1S/C13H22N4O.2ClH/c1-13(4-7-14-8-5-13)11-15-12(18)3-10-17-9-2-6-16-17;;/h2,6,9,14H,3-5,7-8,10-11H2,1H3,(H,15,18);2*1H. The van der Waals surface area contributed by atoms with Crippen LogP contribution in [0.1, 0.15) is 26.2 Å². The van der Waals surface area contributed by atoms with Crippen LogP contribution in [0.3, 0.4) is 0 Å². The molecule has 0 atom stereocenters. The molecule has 1 aliphatic rings. The molecule has 1 amide bonds. The van der Waals surface area contributed by atoms with E-state index in [2.05, 4.69) is 22.7 Å². The summed E-state index contributed by atoms with van der Waals surface area (Å²) in [5.41, 5.74) is 0.257. The van der Waals surface area contributed by atoms with Crippen LogP contribution in [0, 0.1) is 5.41 Å². The van der Waals surface area contributed by atoms with Gasteiger partial charge in [0.25, 0.3) is 0 Å². The average molecular weight is 323 g/mol. The maximum absolute atomic E-state index is 11.8. The van der Waals surface area contributed by atoms with Gasteiger partial charge in [-0.05, 0) is 37.4 Å². The summed E-state index contributed by atoms with van der Waals surface area (Å²) >= 11 is 0. The fourth-order valence-electron chi connectivity index (χ4n) is 2.26. The minimum absolute atomic E-state index is 0. The van der Waals surface area contributed by atoms with Crippen LogP contribution in [0.2, 0.25) is 0 Å². The van der Waals surface area contributed by atoms with Gasteiger partial charge in [0.1, 0.15) is 0 Å². The molecule has 0 bridgehead atoms. The smallest absolute Gasteiger partial charge is 0.221 e. The van der Waals surface area contributed by atoms with Crippen molar-refractivity contribution in [2.45, 2.75) is 32.7 Å². The molecule has 1 fully saturated rings. The summed E-state index contributed by atoms with van der Waals surface area (Å²) < 4.78 is 1.78. The van der Waals surface area contributed by atoms with Gasteiger partial charge in [-0.1, -0.05) is 6.92 Å². The number of amides is 1. The number of aromatic nitrogens is 2. The zero-order valence-corrected chi connectivity index (χ0v) is 13.4. The van der Waals surface area contributed by atoms with E-state index in [1.54, 1.807) is 10.9 Å². The van der Waals surface area contributed by atoms with E-state index in [1.165, 1.54) is 0 Å². The Hall–Kier alpha value is -0.780. The highest BCUT2D eigenvalue weighted by molar-refractivity contribution is 5.85. The van der Waals surface area contributed by atoms with Gasteiger partial charge in [0.15, 0.2) is 0 Å². The number of carbonyl (C=O) groups excluding carboxylic acids is 1. The van der Waals surface area contributed by atoms with Crippen LogP contribution < -0.4 is 10.6 Å². The first kappa shape index (κ1) is 19.2. The van der Waals surface area contributed by atoms with E-state index < -0.39 is 0 Å². The van der Waals surface area contributed by atoms with Gasteiger partial charge in [-0.2, -0.15) is 5.10 Å². The minimum Gasteiger partial charge on any atom is -0.355 e. The Balaban J connectivity index is 0.00000180. The van der Waals surface area contributed by atoms with Crippen LogP contribution in [0.25, 0.3) is 0 Å². The molecule has 0 unspecified atom stereocenters. The molecule has 1 aromatic heterocycles. The second-order valence-electron chi connectivity index (χ2n) is 5.36. The van der Waals surface area contributed by atoms with Crippen LogP contribution in [-0.2, 0) is 11.3 Å². The third-order valence-electron chi connectivity index (χ3n) is 3.65. The van der Waals surface area contributed by atoms with Crippen LogP contribution in [0.4, 0.5) is 0 Å². The largest absolute Gasteiger partial charge is 0.355 e. The molecule has 0 spiro atoms. The predicted molar refractivity (Wildman–Crippen MR) is 84.6 cm³/mol. The Bertz CT molecular complexity index is 378. The van der Waals surface area contributed by atoms with Crippen molar-refractivity contribution in [1.82, 2.24) is 20.4 Å². The Morgan fingerprint density at radius 3 is 2.70 bits per heavy atom. The summed E-state index contributed by atoms with van der Waals surface area (Å²) in [5.74, 6) is 0.116. The van der Waals surface area contributed by atoms with Gasteiger partial charge in [0, 0.05) is 31.9 Å². The molecular formula is C13H24Cl2N4O. The molecule has 1 saturated heterocycles. The van der Waals surface area contributed by atoms with E-state index in [0.717, 1.165) is 32.5 Å². The Labute approximate surface area is 132 Å². The van der Waals surface area contributed by atoms with E-state index in [4.69, 9.17) is 0 Å². The van der Waals surface area contributed by atoms with Gasteiger partial charge in [-0.25, -0.2) is 0 Å². The van der Waals surface area contributed by atoms with Gasteiger partial charge in [-0.3, -0.25) is 9.48 Å². The molecule has 0 radical (unpaired) electrons. The number of nitrogens with zero attached hydrogens (tertiary/aromatic N) is 2. The number of rotatable bonds is 5. The Morgan fingerprint density at radius 1 is 1.40 bits per heavy atom. The van der Waals surface area contributed by atoms with Gasteiger partial charge >= 0.3 is 0 Å². The van der Waals surface area contributed by atoms with Gasteiger partial charge in [0.2, 0.25) is 5.91 Å². The number of carbonyl (C=O) groups is 1. The topological polar surface area (TPSA) is 59.0 Å². The van der Waals surface area contributed by atoms with Crippen molar-refractivity contribution in [2.75, 3.05) is 19.6 Å². The third-order valence-corrected chi connectivity index (χ3v) is 3.65. The molecule has 0 aromatic carbocycles. The van der Waals surface area contributed by atoms with E-state index in [9.17, 15) is 4.79 Å². The number of nitrogens with one attached hydrogen (secondary N) is 2. The predicted octanol–water partition coefficient (Wildman–Crippen LogP) is 1.62. The van der Waals surface area contributed by atoms with Crippen LogP contribution >= 0.6 is 24.8 Å². The Morgan fingerprint density at radius 2 is 2.10 bits per heavy atom. The number of hydrogen-bond acceptors (Lipinski definition) is 3. The maximum atomic E-state index is 11.8. The van der Waals surface area contributed by atoms with Crippen molar-refractivity contribution < 1.29 is 4.79 Å². The van der Waals surface area contributed by atoms with Crippen molar-refractivity contribution >= 4 is 30.7 Å². The second-order valence-corrected chi connectivity index (χ2v) is 5.36. The molecular weight excluding hydrogens is 299 g/mol. The zero-order chi connectivity index (χ0) is 12.8. The molecule has 2 heterocycles. The number of aryl methyl sites for hydroxylation is 1. The lowest BCUT2D eigenvalue weighted by molar-refractivity contribution is -0.121. The normalized spacial score (nSPS) is 16.6. The maximum Gasteiger partial charge on any atom is 0.221 e. The van der Waals surface area contributed by atoms with E-state index in [-0.39, 0.29) is 36.1 Å². The molecule has 1 aliphatic heterocycles. The molecule has 1 aromatic rings. The second kappa shape index (κ2) is 9.21. The summed E-state index contributed by atoms with van der Waals surface area (Å²) in [6, 6.07) is 1.87. The monoisotopic (exact) mass is 322 g/mol. The average Bonchev–Trinajstić information content (AvgIpc) is 2.88. The van der Waals surface area contributed by atoms with Crippen molar-refractivity contribution in [3.05, 3.63) is 18.5 Å². The number of piperidine rings is 1. The van der Waals surface area contributed by atoms with Crippen molar-refractivity contribution in [1.29, 1.82) is 0 Å². The molecule has 0 saturated carbocycles. The lowest BCUT2D eigenvalue weighted by atomic mass is 9.81. The SMILES string of the molecule is CC1(CNC(=O)CCn2cccn2)CCNCC1.Cl.Cl. The van der Waals surface area contributed by atoms with Crippen LogP contribution in [0.15, 0.2) is 18.5 Å². The van der Waals surface area contributed by atoms with Crippen molar-refractivity contribution in [3.8, 4) is 0 Å². The highest BCUT2D eigenvalue weighted by Crippen LogP contribution is 2.26. The first-order valence-corrected chi connectivity index (χ1v) is 6.63. The highest BCUT2D eigenvalue weighted by Gasteiger charge is 2.26. The summed E-state index contributed by atoms with van der Waals surface area (Å²) in [6.07, 6.45) is 6.37. The first-order valence-electron chi connectivity index (χ1n) is 6.63. The fourth-order valence-corrected chi connectivity index (χ4v) is 2.26. The summed E-state index contributed by atoms with van der Waals surface area (Å²) in [4.78, 5) is 11.8. The highest BCUT2D eigenvalue weighted by atomic mass is 35.5. The van der Waals surface area contributed by atoms with E-state index in [0.29, 0.717) is 13.0 Å². The van der Waals surface area contributed by atoms with E-state index in [1.807, 2.05) is 12.3 Å². The molecule has 116 valence electrons. The van der Waals surface area contributed by atoms with Crippen LogP contribution in [0.5, 0.6) is 0 Å². The Kier molecular flexibility index (Phi) is 8.85. The van der Waals surface area contributed by atoms with Gasteiger partial charge in [-0.15, -0.1) is 24.8 Å². The lowest BCUT2D eigenvalue weighted by Crippen LogP contribution is -2.43. The molecule has 0 aliphatic carbocycles. The lowest BCUT2D eigenvalue weighted by Gasteiger charge is -2.34. The molecule has 2 N–H and O–H groups in total. The quantitative estimate of drug-likeness (QED) is 0.866. The molecule has 20 heavy (non-hydrogen) atoms. The fraction of sp³-hybridized carbons (Fsp3) is 0.692. The summed E-state index contributed by atoms with van der Waals surface area (Å²) in [5, 5.41) is 10.5. The van der Waals surface area contributed by atoms with Crippen molar-refractivity contribution in [3.63, 3.8) is 0 Å². The zero-order valence-electron chi connectivity index (χ0n) is 11.8. The molecule has 5 nitrogen and oxygen atoms in total. The number of halogens is 2. The molecule has 2 rings (SSSR count). The van der Waals surface area contributed by atoms with Gasteiger partial charge < -0.3 is 10.6 Å². The van der Waals surface area contributed by atoms with Gasteiger partial charge in [0.05, 0.1) is 0 Å². The first-order chi connectivity index (χ1) is 8.68. The van der Waals surface area contributed by atoms with Crippen molar-refractivity contribution in [2.24, 2.45) is 5.41 Å². The third kappa shape index (κ3) is 6.11.